The van der Waals surface area contributed by atoms with Gasteiger partial charge in [0.2, 0.25) is 5.91 Å². The molecule has 0 aromatic carbocycles. The molecule has 0 aromatic rings. The zero-order valence-electron chi connectivity index (χ0n) is 13.6. The van der Waals surface area contributed by atoms with E-state index in [9.17, 15) is 4.79 Å². The molecule has 1 heterocycles. The summed E-state index contributed by atoms with van der Waals surface area (Å²) in [7, 11) is 0. The largest absolute Gasteiger partial charge is 0.324 e. The summed E-state index contributed by atoms with van der Waals surface area (Å²) in [4.78, 5) is 14.9. The van der Waals surface area contributed by atoms with Crippen molar-refractivity contribution in [3.05, 3.63) is 0 Å². The van der Waals surface area contributed by atoms with Crippen LogP contribution in [0.25, 0.3) is 0 Å². The van der Waals surface area contributed by atoms with Gasteiger partial charge in [-0.2, -0.15) is 11.8 Å². The van der Waals surface area contributed by atoms with E-state index in [4.69, 9.17) is 0 Å². The van der Waals surface area contributed by atoms with E-state index in [2.05, 4.69) is 44.2 Å². The third-order valence-corrected chi connectivity index (χ3v) is 6.09. The van der Waals surface area contributed by atoms with E-state index in [-0.39, 0.29) is 17.0 Å². The van der Waals surface area contributed by atoms with Crippen molar-refractivity contribution in [2.24, 2.45) is 11.8 Å². The first-order chi connectivity index (χ1) is 9.35. The quantitative estimate of drug-likeness (QED) is 0.846. The number of nitrogens with one attached hydrogen (secondary N) is 1. The van der Waals surface area contributed by atoms with Gasteiger partial charge in [-0.3, -0.25) is 10.1 Å². The Bertz CT molecular complexity index is 350. The number of rotatable bonds is 5. The van der Waals surface area contributed by atoms with E-state index in [1.165, 1.54) is 25.7 Å². The van der Waals surface area contributed by atoms with Crippen LogP contribution in [0.5, 0.6) is 0 Å². The van der Waals surface area contributed by atoms with Crippen LogP contribution in [0.3, 0.4) is 0 Å². The summed E-state index contributed by atoms with van der Waals surface area (Å²) in [6, 6.07) is 0.0123. The first-order valence-corrected chi connectivity index (χ1v) is 9.20. The summed E-state index contributed by atoms with van der Waals surface area (Å²) in [5, 5.41) is 3.65. The highest BCUT2D eigenvalue weighted by Gasteiger charge is 2.45. The van der Waals surface area contributed by atoms with E-state index >= 15 is 0 Å². The number of hydrogen-bond acceptors (Lipinski definition) is 3. The second-order valence-corrected chi connectivity index (χ2v) is 8.82. The minimum absolute atomic E-state index is 0.0123. The normalized spacial score (nSPS) is 28.9. The van der Waals surface area contributed by atoms with Gasteiger partial charge in [-0.15, -0.1) is 0 Å². The van der Waals surface area contributed by atoms with Gasteiger partial charge in [-0.05, 0) is 44.8 Å². The summed E-state index contributed by atoms with van der Waals surface area (Å²) >= 11 is 1.85. The molecular weight excluding hydrogens is 268 g/mol. The Hall–Kier alpha value is -0.220. The zero-order chi connectivity index (χ0) is 14.9. The van der Waals surface area contributed by atoms with Crippen LogP contribution >= 0.6 is 11.8 Å². The van der Waals surface area contributed by atoms with Crippen LogP contribution in [0, 0.1) is 11.8 Å². The van der Waals surface area contributed by atoms with Crippen LogP contribution in [-0.4, -0.2) is 40.6 Å². The van der Waals surface area contributed by atoms with Crippen molar-refractivity contribution in [2.45, 2.75) is 70.3 Å². The number of thioether (sulfide) groups is 1. The lowest BCUT2D eigenvalue weighted by Gasteiger charge is -2.35. The number of carbonyl (C=O) groups is 1. The van der Waals surface area contributed by atoms with Gasteiger partial charge >= 0.3 is 0 Å². The lowest BCUT2D eigenvalue weighted by molar-refractivity contribution is -0.131. The third kappa shape index (κ3) is 3.33. The van der Waals surface area contributed by atoms with Gasteiger partial charge in [0.1, 0.15) is 0 Å². The molecule has 0 radical (unpaired) electrons. The van der Waals surface area contributed by atoms with Crippen molar-refractivity contribution in [2.75, 3.05) is 12.8 Å². The van der Waals surface area contributed by atoms with Gasteiger partial charge in [0.05, 0.1) is 12.2 Å². The molecule has 1 N–H and O–H groups in total. The summed E-state index contributed by atoms with van der Waals surface area (Å²) in [5.74, 6) is 1.34. The average Bonchev–Trinajstić information content (AvgIpc) is 2.99. The minimum atomic E-state index is 0.0123. The molecule has 1 saturated carbocycles. The lowest BCUT2D eigenvalue weighted by Crippen LogP contribution is -2.47. The van der Waals surface area contributed by atoms with Gasteiger partial charge in [0, 0.05) is 11.3 Å². The van der Waals surface area contributed by atoms with Gasteiger partial charge in [-0.25, -0.2) is 0 Å². The smallest absolute Gasteiger partial charge is 0.241 e. The minimum Gasteiger partial charge on any atom is -0.324 e. The number of hydrogen-bond donors (Lipinski definition) is 1. The molecule has 2 fully saturated rings. The first-order valence-electron chi connectivity index (χ1n) is 7.97. The van der Waals surface area contributed by atoms with Crippen LogP contribution in [0.2, 0.25) is 0 Å². The van der Waals surface area contributed by atoms with Gasteiger partial charge in [0.15, 0.2) is 0 Å². The van der Waals surface area contributed by atoms with Crippen molar-refractivity contribution in [1.29, 1.82) is 0 Å². The fourth-order valence-electron chi connectivity index (χ4n) is 3.45. The maximum absolute atomic E-state index is 12.8. The molecule has 1 saturated heterocycles. The van der Waals surface area contributed by atoms with E-state index in [0.29, 0.717) is 17.7 Å². The van der Waals surface area contributed by atoms with Crippen molar-refractivity contribution >= 4 is 17.7 Å². The molecule has 2 rings (SSSR count). The number of carbonyl (C=O) groups excluding carboxylic acids is 1. The molecule has 2 aliphatic rings. The molecule has 2 unspecified atom stereocenters. The molecule has 2 atom stereocenters. The molecule has 4 heteroatoms. The second kappa shape index (κ2) is 6.27. The third-order valence-electron chi connectivity index (χ3n) is 4.85. The Morgan fingerprint density at radius 1 is 1.35 bits per heavy atom. The van der Waals surface area contributed by atoms with E-state index in [1.807, 2.05) is 11.8 Å². The second-order valence-electron chi connectivity index (χ2n) is 7.31. The average molecular weight is 298 g/mol. The summed E-state index contributed by atoms with van der Waals surface area (Å²) in [6.45, 7) is 9.61. The number of nitrogens with zero attached hydrogens (tertiary/aromatic N) is 1. The van der Waals surface area contributed by atoms with Gasteiger partial charge in [0.25, 0.3) is 0 Å². The van der Waals surface area contributed by atoms with E-state index < -0.39 is 0 Å². The monoisotopic (exact) mass is 298 g/mol. The Kier molecular flexibility index (Phi) is 5.06. The van der Waals surface area contributed by atoms with Crippen molar-refractivity contribution in [1.82, 2.24) is 10.2 Å². The van der Waals surface area contributed by atoms with Gasteiger partial charge in [-0.1, -0.05) is 26.7 Å². The first kappa shape index (κ1) is 16.2. The Morgan fingerprint density at radius 2 is 1.95 bits per heavy atom. The maximum atomic E-state index is 12.8. The lowest BCUT2D eigenvalue weighted by atomic mass is 10.0. The van der Waals surface area contributed by atoms with Crippen LogP contribution in [0.4, 0.5) is 0 Å². The predicted octanol–water partition coefficient (Wildman–Crippen LogP) is 3.10. The highest BCUT2D eigenvalue weighted by Crippen LogP contribution is 2.35. The van der Waals surface area contributed by atoms with Crippen molar-refractivity contribution < 1.29 is 4.79 Å². The molecular formula is C16H30N2OS. The standard InChI is InChI=1S/C16H30N2OS/c1-11(2)13-15(19)18(10-16(3,4)20-5)14(17-13)12-8-6-7-9-12/h11-14,17H,6-10H2,1-5H3. The van der Waals surface area contributed by atoms with E-state index in [1.54, 1.807) is 0 Å². The Morgan fingerprint density at radius 3 is 2.45 bits per heavy atom. The van der Waals surface area contributed by atoms with Crippen LogP contribution in [-0.2, 0) is 4.79 Å². The van der Waals surface area contributed by atoms with Gasteiger partial charge < -0.3 is 4.90 Å². The Labute approximate surface area is 128 Å². The van der Waals surface area contributed by atoms with Crippen LogP contribution in [0.1, 0.15) is 53.4 Å². The van der Waals surface area contributed by atoms with Crippen molar-refractivity contribution in [3.8, 4) is 0 Å². The Balaban J connectivity index is 2.16. The molecule has 0 aromatic heterocycles. The van der Waals surface area contributed by atoms with Crippen LogP contribution < -0.4 is 5.32 Å². The topological polar surface area (TPSA) is 32.3 Å². The molecule has 1 aliphatic carbocycles. The summed E-state index contributed by atoms with van der Waals surface area (Å²) < 4.78 is 0.125. The predicted molar refractivity (Wildman–Crippen MR) is 86.8 cm³/mol. The molecule has 0 spiro atoms. The zero-order valence-corrected chi connectivity index (χ0v) is 14.4. The fraction of sp³-hybridized carbons (Fsp3) is 0.938. The van der Waals surface area contributed by atoms with Crippen LogP contribution in [0.15, 0.2) is 0 Å². The molecule has 116 valence electrons. The highest BCUT2D eigenvalue weighted by atomic mass is 32.2. The fourth-order valence-corrected chi connectivity index (χ4v) is 3.72. The molecule has 1 amide bonds. The molecule has 20 heavy (non-hydrogen) atoms. The maximum Gasteiger partial charge on any atom is 0.241 e. The molecule has 1 aliphatic heterocycles. The molecule has 0 bridgehead atoms. The molecule has 3 nitrogen and oxygen atoms in total. The highest BCUT2D eigenvalue weighted by molar-refractivity contribution is 7.99. The number of amides is 1. The van der Waals surface area contributed by atoms with Crippen molar-refractivity contribution in [3.63, 3.8) is 0 Å². The summed E-state index contributed by atoms with van der Waals surface area (Å²) in [6.07, 6.45) is 7.59. The summed E-state index contributed by atoms with van der Waals surface area (Å²) in [5.41, 5.74) is 0. The van der Waals surface area contributed by atoms with E-state index in [0.717, 1.165) is 6.54 Å². The SMILES string of the molecule is CSC(C)(C)CN1C(=O)C(C(C)C)NC1C1CCCC1.